The third kappa shape index (κ3) is 3.50. The van der Waals surface area contributed by atoms with Gasteiger partial charge in [-0.2, -0.15) is 5.10 Å². The summed E-state index contributed by atoms with van der Waals surface area (Å²) in [6, 6.07) is 17.8. The Hall–Kier alpha value is -3.21. The van der Waals surface area contributed by atoms with Crippen LogP contribution in [0.15, 0.2) is 65.8 Å². The second-order valence-electron chi connectivity index (χ2n) is 5.68. The van der Waals surface area contributed by atoms with Gasteiger partial charge in [0.15, 0.2) is 0 Å². The predicted octanol–water partition coefficient (Wildman–Crippen LogP) is 4.00. The van der Waals surface area contributed by atoms with E-state index >= 15 is 0 Å². The maximum atomic E-state index is 13.6. The number of aromatic nitrogens is 1. The lowest BCUT2D eigenvalue weighted by molar-refractivity contribution is 0.0951. The lowest BCUT2D eigenvalue weighted by Gasteiger charge is -2.08. The fraction of sp³-hybridized carbons (Fsp3) is 0.100. The predicted molar refractivity (Wildman–Crippen MR) is 96.7 cm³/mol. The van der Waals surface area contributed by atoms with E-state index < -0.39 is 11.7 Å². The highest BCUT2D eigenvalue weighted by Gasteiger charge is 2.11. The average molecular weight is 335 g/mol. The molecule has 0 atom stereocenters. The number of nitrogens with zero attached hydrogens (tertiary/aromatic N) is 2. The number of para-hydroxylation sites is 1. The minimum atomic E-state index is -0.578. The highest BCUT2D eigenvalue weighted by molar-refractivity contribution is 5.95. The molecule has 1 N–H and O–H groups in total. The first kappa shape index (κ1) is 16.6. The van der Waals surface area contributed by atoms with Gasteiger partial charge >= 0.3 is 0 Å². The largest absolute Gasteiger partial charge is 0.318 e. The second kappa shape index (κ2) is 7.13. The van der Waals surface area contributed by atoms with Crippen molar-refractivity contribution in [3.63, 3.8) is 0 Å². The molecule has 4 nitrogen and oxygen atoms in total. The zero-order valence-electron chi connectivity index (χ0n) is 14.0. The Morgan fingerprint density at radius 2 is 1.76 bits per heavy atom. The van der Waals surface area contributed by atoms with E-state index in [2.05, 4.69) is 15.1 Å². The molecule has 1 heterocycles. The first-order chi connectivity index (χ1) is 12.1. The van der Waals surface area contributed by atoms with Crippen LogP contribution in [0, 0.1) is 19.7 Å². The fourth-order valence-corrected chi connectivity index (χ4v) is 2.76. The Labute approximate surface area is 145 Å². The van der Waals surface area contributed by atoms with Crippen LogP contribution in [0.3, 0.4) is 0 Å². The van der Waals surface area contributed by atoms with Crippen LogP contribution in [-0.2, 0) is 0 Å². The summed E-state index contributed by atoms with van der Waals surface area (Å²) in [7, 11) is 0. The summed E-state index contributed by atoms with van der Waals surface area (Å²) in [6.45, 7) is 4.00. The van der Waals surface area contributed by atoms with Crippen LogP contribution < -0.4 is 5.43 Å². The zero-order chi connectivity index (χ0) is 17.8. The minimum Gasteiger partial charge on any atom is -0.318 e. The molecule has 1 aromatic heterocycles. The summed E-state index contributed by atoms with van der Waals surface area (Å²) >= 11 is 0. The van der Waals surface area contributed by atoms with Crippen LogP contribution in [0.25, 0.3) is 5.69 Å². The number of aryl methyl sites for hydroxylation is 1. The summed E-state index contributed by atoms with van der Waals surface area (Å²) in [6.07, 6.45) is 1.57. The number of benzene rings is 2. The van der Waals surface area contributed by atoms with Gasteiger partial charge in [-0.15, -0.1) is 0 Å². The maximum Gasteiger partial charge on any atom is 0.274 e. The number of amides is 1. The number of halogens is 1. The fourth-order valence-electron chi connectivity index (χ4n) is 2.76. The summed E-state index contributed by atoms with van der Waals surface area (Å²) in [5.74, 6) is -1.15. The molecule has 3 rings (SSSR count). The van der Waals surface area contributed by atoms with Crippen LogP contribution in [0.4, 0.5) is 4.39 Å². The van der Waals surface area contributed by atoms with Gasteiger partial charge in [0, 0.05) is 22.6 Å². The maximum absolute atomic E-state index is 13.6. The number of carbonyl (C=O) groups is 1. The van der Waals surface area contributed by atoms with Crippen molar-refractivity contribution in [1.82, 2.24) is 9.99 Å². The van der Waals surface area contributed by atoms with Crippen LogP contribution in [0.1, 0.15) is 27.3 Å². The molecule has 0 spiro atoms. The molecule has 0 saturated carbocycles. The molecule has 126 valence electrons. The van der Waals surface area contributed by atoms with E-state index in [1.54, 1.807) is 12.3 Å². The lowest BCUT2D eigenvalue weighted by Crippen LogP contribution is -2.18. The molecular weight excluding hydrogens is 317 g/mol. The van der Waals surface area contributed by atoms with E-state index in [1.807, 2.05) is 50.2 Å². The van der Waals surface area contributed by atoms with Gasteiger partial charge in [0.2, 0.25) is 0 Å². The number of carbonyl (C=O) groups excluding carboxylic acids is 1. The Balaban J connectivity index is 1.79. The van der Waals surface area contributed by atoms with Crippen molar-refractivity contribution in [1.29, 1.82) is 0 Å². The van der Waals surface area contributed by atoms with Crippen molar-refractivity contribution in [2.75, 3.05) is 0 Å². The molecule has 0 fully saturated rings. The smallest absolute Gasteiger partial charge is 0.274 e. The molecule has 0 aliphatic carbocycles. The van der Waals surface area contributed by atoms with Crippen molar-refractivity contribution in [3.05, 3.63) is 89.0 Å². The quantitative estimate of drug-likeness (QED) is 0.568. The van der Waals surface area contributed by atoms with Gasteiger partial charge in [-0.1, -0.05) is 30.3 Å². The third-order valence-corrected chi connectivity index (χ3v) is 3.97. The number of hydrogen-bond acceptors (Lipinski definition) is 2. The molecule has 0 bridgehead atoms. The number of hydrazone groups is 1. The number of nitrogens with one attached hydrogen (secondary N) is 1. The Morgan fingerprint density at radius 3 is 2.48 bits per heavy atom. The minimum absolute atomic E-state index is 0.0330. The van der Waals surface area contributed by atoms with Gasteiger partial charge < -0.3 is 4.57 Å². The number of hydrogen-bond donors (Lipinski definition) is 1. The van der Waals surface area contributed by atoms with Crippen LogP contribution in [0.5, 0.6) is 0 Å². The molecule has 25 heavy (non-hydrogen) atoms. The molecule has 0 aliphatic rings. The van der Waals surface area contributed by atoms with Gasteiger partial charge in [-0.25, -0.2) is 9.82 Å². The highest BCUT2D eigenvalue weighted by Crippen LogP contribution is 2.19. The first-order valence-corrected chi connectivity index (χ1v) is 7.90. The van der Waals surface area contributed by atoms with E-state index in [0.29, 0.717) is 0 Å². The highest BCUT2D eigenvalue weighted by atomic mass is 19.1. The molecular formula is C20H18FN3O. The van der Waals surface area contributed by atoms with Gasteiger partial charge in [-0.3, -0.25) is 4.79 Å². The van der Waals surface area contributed by atoms with Crippen LogP contribution in [0.2, 0.25) is 0 Å². The normalized spacial score (nSPS) is 11.0. The van der Waals surface area contributed by atoms with E-state index in [9.17, 15) is 9.18 Å². The van der Waals surface area contributed by atoms with Crippen LogP contribution in [-0.4, -0.2) is 16.7 Å². The van der Waals surface area contributed by atoms with Crippen molar-refractivity contribution in [3.8, 4) is 5.69 Å². The first-order valence-electron chi connectivity index (χ1n) is 7.90. The van der Waals surface area contributed by atoms with Crippen molar-refractivity contribution < 1.29 is 9.18 Å². The second-order valence-corrected chi connectivity index (χ2v) is 5.68. The van der Waals surface area contributed by atoms with Gasteiger partial charge in [0.05, 0.1) is 11.8 Å². The topological polar surface area (TPSA) is 46.4 Å². The molecule has 0 radical (unpaired) electrons. The standard InChI is InChI=1S/C20H18FN3O/c1-14-12-16(15(2)24(14)17-8-4-3-5-9-17)13-22-23-20(25)18-10-6-7-11-19(18)21/h3-13H,1-2H3,(H,23,25)/b22-13-. The van der Waals surface area contributed by atoms with Crippen molar-refractivity contribution in [2.24, 2.45) is 5.10 Å². The summed E-state index contributed by atoms with van der Waals surface area (Å²) in [5, 5.41) is 3.96. The molecule has 0 aliphatic heterocycles. The van der Waals surface area contributed by atoms with Gasteiger partial charge in [-0.05, 0) is 44.2 Å². The Kier molecular flexibility index (Phi) is 4.75. The molecule has 5 heteroatoms. The Morgan fingerprint density at radius 1 is 1.08 bits per heavy atom. The molecule has 1 amide bonds. The summed E-state index contributed by atoms with van der Waals surface area (Å²) < 4.78 is 15.7. The molecule has 2 aromatic carbocycles. The zero-order valence-corrected chi connectivity index (χ0v) is 14.0. The van der Waals surface area contributed by atoms with E-state index in [4.69, 9.17) is 0 Å². The molecule has 0 saturated heterocycles. The van der Waals surface area contributed by atoms with E-state index in [1.165, 1.54) is 18.2 Å². The van der Waals surface area contributed by atoms with Gasteiger partial charge in [0.25, 0.3) is 5.91 Å². The molecule has 3 aromatic rings. The van der Waals surface area contributed by atoms with E-state index in [0.717, 1.165) is 22.6 Å². The van der Waals surface area contributed by atoms with Crippen molar-refractivity contribution >= 4 is 12.1 Å². The van der Waals surface area contributed by atoms with Crippen LogP contribution >= 0.6 is 0 Å². The van der Waals surface area contributed by atoms with Gasteiger partial charge in [0.1, 0.15) is 5.82 Å². The lowest BCUT2D eigenvalue weighted by atomic mass is 10.2. The Bertz CT molecular complexity index is 929. The molecule has 0 unspecified atom stereocenters. The average Bonchev–Trinajstić information content (AvgIpc) is 2.89. The SMILES string of the molecule is Cc1cc(/C=N\NC(=O)c2ccccc2F)c(C)n1-c1ccccc1. The number of rotatable bonds is 4. The third-order valence-electron chi connectivity index (χ3n) is 3.97. The summed E-state index contributed by atoms with van der Waals surface area (Å²) in [5.41, 5.74) is 6.35. The summed E-state index contributed by atoms with van der Waals surface area (Å²) in [4.78, 5) is 12.0. The monoisotopic (exact) mass is 335 g/mol. The van der Waals surface area contributed by atoms with Crippen molar-refractivity contribution in [2.45, 2.75) is 13.8 Å². The van der Waals surface area contributed by atoms with E-state index in [-0.39, 0.29) is 5.56 Å².